The van der Waals surface area contributed by atoms with Gasteiger partial charge in [-0.1, -0.05) is 0 Å². The lowest BCUT2D eigenvalue weighted by atomic mass is 10.0. The summed E-state index contributed by atoms with van der Waals surface area (Å²) in [6.45, 7) is -0.170. The van der Waals surface area contributed by atoms with Gasteiger partial charge in [0.1, 0.15) is 5.75 Å². The number of hydrogen-bond acceptors (Lipinski definition) is 5. The molecule has 5 rings (SSSR count). The molecule has 0 radical (unpaired) electrons. The molecule has 37 heavy (non-hydrogen) atoms. The van der Waals surface area contributed by atoms with Crippen molar-refractivity contribution >= 4 is 27.5 Å². The zero-order valence-electron chi connectivity index (χ0n) is 20.1. The summed E-state index contributed by atoms with van der Waals surface area (Å²) in [5.74, 6) is -0.383. The fourth-order valence-corrected chi connectivity index (χ4v) is 5.57. The van der Waals surface area contributed by atoms with E-state index >= 15 is 0 Å². The summed E-state index contributed by atoms with van der Waals surface area (Å²) in [6, 6.07) is 13.9. The van der Waals surface area contributed by atoms with Crippen molar-refractivity contribution < 1.29 is 32.9 Å². The van der Waals surface area contributed by atoms with Gasteiger partial charge in [-0.05, 0) is 80.3 Å². The van der Waals surface area contributed by atoms with Crippen molar-refractivity contribution in [2.24, 2.45) is 5.73 Å². The zero-order chi connectivity index (χ0) is 26.7. The molecular formula is C27H27F3N2O4S. The Bertz CT molecular complexity index is 1390. The summed E-state index contributed by atoms with van der Waals surface area (Å²) in [5.41, 5.74) is 6.47. The van der Waals surface area contributed by atoms with E-state index in [9.17, 15) is 23.1 Å². The van der Waals surface area contributed by atoms with Crippen molar-refractivity contribution in [3.8, 4) is 22.7 Å². The van der Waals surface area contributed by atoms with Gasteiger partial charge in [0.25, 0.3) is 0 Å². The molecule has 4 aromatic rings. The molecule has 0 spiro atoms. The van der Waals surface area contributed by atoms with Crippen LogP contribution in [0.15, 0.2) is 54.6 Å². The van der Waals surface area contributed by atoms with Crippen LogP contribution in [0.1, 0.15) is 46.5 Å². The number of aliphatic hydroxyl groups is 2. The van der Waals surface area contributed by atoms with Gasteiger partial charge < -0.3 is 25.3 Å². The summed E-state index contributed by atoms with van der Waals surface area (Å²) in [5, 5.41) is 16.6. The molecule has 1 aliphatic carbocycles. The number of primary amides is 1. The van der Waals surface area contributed by atoms with Crippen molar-refractivity contribution in [1.29, 1.82) is 0 Å². The normalized spacial score (nSPS) is 14.0. The Morgan fingerprint density at radius 1 is 1.08 bits per heavy atom. The average molecular weight is 533 g/mol. The third-order valence-corrected chi connectivity index (χ3v) is 7.34. The second kappa shape index (κ2) is 11.0. The van der Waals surface area contributed by atoms with Crippen LogP contribution in [0.5, 0.6) is 5.75 Å². The van der Waals surface area contributed by atoms with Crippen LogP contribution in [-0.2, 0) is 12.8 Å². The molecule has 6 nitrogen and oxygen atoms in total. The maximum atomic E-state index is 14.3. The highest BCUT2D eigenvalue weighted by molar-refractivity contribution is 7.19. The highest BCUT2D eigenvalue weighted by Crippen LogP contribution is 2.43. The van der Waals surface area contributed by atoms with E-state index in [0.29, 0.717) is 27.3 Å². The highest BCUT2D eigenvalue weighted by atomic mass is 32.1. The molecule has 0 bridgehead atoms. The standard InChI is InChI=1S/C26H23F3N2O3S.CH4O/c27-26(28,29)21-11-18(34-17-3-1-2-4-17)9-10-20(21)22-13-24-23(12-19(14-32)35-24)31(22)16-7-5-15(6-8-16)25(30)33;1-2/h5-13,17,32H,1-4,14H2,(H2,30,33);2H,1H3. The molecule has 2 heterocycles. The van der Waals surface area contributed by atoms with Crippen LogP contribution in [0.25, 0.3) is 27.2 Å². The van der Waals surface area contributed by atoms with E-state index in [0.717, 1.165) is 43.6 Å². The first kappa shape index (κ1) is 26.7. The monoisotopic (exact) mass is 532 g/mol. The Labute approximate surface area is 215 Å². The van der Waals surface area contributed by atoms with Crippen molar-refractivity contribution in [2.45, 2.75) is 44.6 Å². The van der Waals surface area contributed by atoms with Crippen LogP contribution < -0.4 is 10.5 Å². The van der Waals surface area contributed by atoms with Gasteiger partial charge in [-0.3, -0.25) is 4.79 Å². The molecule has 1 fully saturated rings. The number of benzene rings is 2. The summed E-state index contributed by atoms with van der Waals surface area (Å²) in [6.07, 6.45) is -0.934. The van der Waals surface area contributed by atoms with Gasteiger partial charge in [-0.2, -0.15) is 13.2 Å². The van der Waals surface area contributed by atoms with E-state index in [2.05, 4.69) is 0 Å². The zero-order valence-corrected chi connectivity index (χ0v) is 20.9. The number of thiophene rings is 1. The second-order valence-corrected chi connectivity index (χ2v) is 9.79. The number of rotatable bonds is 6. The molecule has 4 N–H and O–H groups in total. The Morgan fingerprint density at radius 2 is 1.76 bits per heavy atom. The van der Waals surface area contributed by atoms with E-state index < -0.39 is 17.6 Å². The molecule has 2 aromatic heterocycles. The minimum Gasteiger partial charge on any atom is -0.490 e. The molecule has 10 heteroatoms. The Kier molecular flexibility index (Phi) is 7.91. The maximum absolute atomic E-state index is 14.3. The molecule has 0 unspecified atom stereocenters. The number of alkyl halides is 3. The van der Waals surface area contributed by atoms with E-state index in [1.165, 1.54) is 29.5 Å². The van der Waals surface area contributed by atoms with E-state index in [4.69, 9.17) is 15.6 Å². The van der Waals surface area contributed by atoms with E-state index in [1.54, 1.807) is 34.9 Å². The fraction of sp³-hybridized carbons (Fsp3) is 0.296. The largest absolute Gasteiger partial charge is 0.490 e. The number of aliphatic hydroxyl groups excluding tert-OH is 2. The van der Waals surface area contributed by atoms with Crippen LogP contribution >= 0.6 is 11.3 Å². The number of nitrogens with two attached hydrogens (primary N) is 1. The minimum absolute atomic E-state index is 0.0178. The molecule has 196 valence electrons. The number of nitrogens with zero attached hydrogens (tertiary/aromatic N) is 1. The lowest BCUT2D eigenvalue weighted by molar-refractivity contribution is -0.137. The van der Waals surface area contributed by atoms with Gasteiger partial charge in [0.15, 0.2) is 0 Å². The summed E-state index contributed by atoms with van der Waals surface area (Å²) >= 11 is 1.32. The first-order valence-electron chi connectivity index (χ1n) is 11.7. The molecule has 2 aromatic carbocycles. The van der Waals surface area contributed by atoms with Crippen LogP contribution in [0, 0.1) is 0 Å². The Hall–Kier alpha value is -3.34. The van der Waals surface area contributed by atoms with Gasteiger partial charge >= 0.3 is 6.18 Å². The molecular weight excluding hydrogens is 505 g/mol. The number of amides is 1. The summed E-state index contributed by atoms with van der Waals surface area (Å²) in [4.78, 5) is 12.2. The lowest BCUT2D eigenvalue weighted by Crippen LogP contribution is -2.13. The third-order valence-electron chi connectivity index (χ3n) is 6.28. The van der Waals surface area contributed by atoms with Crippen molar-refractivity contribution in [1.82, 2.24) is 4.57 Å². The maximum Gasteiger partial charge on any atom is 0.417 e. The molecule has 0 aliphatic heterocycles. The summed E-state index contributed by atoms with van der Waals surface area (Å²) in [7, 11) is 1.00. The minimum atomic E-state index is -4.60. The first-order chi connectivity index (χ1) is 17.7. The quantitative estimate of drug-likeness (QED) is 0.288. The van der Waals surface area contributed by atoms with E-state index in [-0.39, 0.29) is 24.0 Å². The Morgan fingerprint density at radius 3 is 2.35 bits per heavy atom. The first-order valence-corrected chi connectivity index (χ1v) is 12.5. The number of ether oxygens (including phenoxy) is 1. The molecule has 0 atom stereocenters. The molecule has 1 amide bonds. The van der Waals surface area contributed by atoms with Gasteiger partial charge in [0.05, 0.1) is 34.2 Å². The number of hydrogen-bond donors (Lipinski definition) is 3. The Balaban J connectivity index is 0.00000156. The number of carbonyl (C=O) groups is 1. The predicted octanol–water partition coefficient (Wildman–Crippen LogP) is 5.90. The smallest absolute Gasteiger partial charge is 0.417 e. The van der Waals surface area contributed by atoms with Crippen LogP contribution in [0.4, 0.5) is 13.2 Å². The van der Waals surface area contributed by atoms with Crippen LogP contribution in [0.3, 0.4) is 0 Å². The van der Waals surface area contributed by atoms with Crippen LogP contribution in [-0.4, -0.2) is 33.9 Å². The number of aromatic nitrogens is 1. The van der Waals surface area contributed by atoms with Gasteiger partial charge in [-0.25, -0.2) is 0 Å². The molecule has 0 saturated heterocycles. The number of carbonyl (C=O) groups excluding carboxylic acids is 1. The molecule has 1 saturated carbocycles. The number of halogens is 3. The fourth-order valence-electron chi connectivity index (χ4n) is 4.63. The second-order valence-electron chi connectivity index (χ2n) is 8.63. The topological polar surface area (TPSA) is 97.7 Å². The predicted molar refractivity (Wildman–Crippen MR) is 137 cm³/mol. The SMILES string of the molecule is CO.NC(=O)c1ccc(-n2c(-c3ccc(OC4CCCC4)cc3C(F)(F)F)cc3sc(CO)cc32)cc1. The average Bonchev–Trinajstić information content (AvgIpc) is 3.61. The molecule has 1 aliphatic rings. The lowest BCUT2D eigenvalue weighted by Gasteiger charge is -2.19. The number of fused-ring (bicyclic) bond motifs is 1. The third kappa shape index (κ3) is 5.51. The summed E-state index contributed by atoms with van der Waals surface area (Å²) < 4.78 is 51.1. The van der Waals surface area contributed by atoms with Gasteiger partial charge in [0.2, 0.25) is 5.91 Å². The van der Waals surface area contributed by atoms with Crippen LogP contribution in [0.2, 0.25) is 0 Å². The van der Waals surface area contributed by atoms with Crippen molar-refractivity contribution in [3.63, 3.8) is 0 Å². The van der Waals surface area contributed by atoms with Crippen molar-refractivity contribution in [2.75, 3.05) is 7.11 Å². The van der Waals surface area contributed by atoms with Crippen molar-refractivity contribution in [3.05, 3.63) is 70.6 Å². The van der Waals surface area contributed by atoms with Gasteiger partial charge in [0, 0.05) is 28.8 Å². The highest BCUT2D eigenvalue weighted by Gasteiger charge is 2.36. The van der Waals surface area contributed by atoms with E-state index in [1.807, 2.05) is 0 Å². The van der Waals surface area contributed by atoms with Gasteiger partial charge in [-0.15, -0.1) is 11.3 Å².